The number of ether oxygens (including phenoxy) is 1. The van der Waals surface area contributed by atoms with E-state index in [1.165, 1.54) is 12.8 Å². The fourth-order valence-electron chi connectivity index (χ4n) is 4.49. The van der Waals surface area contributed by atoms with Crippen molar-refractivity contribution in [2.75, 3.05) is 19.7 Å². The highest BCUT2D eigenvalue weighted by atomic mass is 16.5. The molecule has 1 aromatic rings. The summed E-state index contributed by atoms with van der Waals surface area (Å²) < 4.78 is 8.19. The second-order valence-corrected chi connectivity index (χ2v) is 8.26. The third kappa shape index (κ3) is 3.46. The molecule has 2 saturated heterocycles. The number of rotatable bonds is 4. The molecule has 3 aliphatic rings. The second kappa shape index (κ2) is 7.06. The summed E-state index contributed by atoms with van der Waals surface area (Å²) in [5.74, 6) is 2.32. The molecule has 0 radical (unpaired) electrons. The predicted octanol–water partition coefficient (Wildman–Crippen LogP) is 2.77. The summed E-state index contributed by atoms with van der Waals surface area (Å²) in [5, 5.41) is 8.52. The first kappa shape index (κ1) is 17.0. The SMILES string of the molecule is CC(C)[C@@H]1OCCC[C@@H]1C(=O)N1CCC(c2nncn2C2CC2)CC1. The number of likely N-dealkylation sites (tertiary alicyclic amines) is 1. The molecule has 1 aromatic heterocycles. The van der Waals surface area contributed by atoms with E-state index in [1.54, 1.807) is 0 Å². The number of piperidine rings is 1. The molecule has 0 aromatic carbocycles. The van der Waals surface area contributed by atoms with Crippen LogP contribution in [0.4, 0.5) is 0 Å². The van der Waals surface area contributed by atoms with Crippen LogP contribution in [0.25, 0.3) is 0 Å². The van der Waals surface area contributed by atoms with E-state index >= 15 is 0 Å². The zero-order valence-corrected chi connectivity index (χ0v) is 15.4. The molecule has 6 nitrogen and oxygen atoms in total. The van der Waals surface area contributed by atoms with Crippen LogP contribution < -0.4 is 0 Å². The molecule has 138 valence electrons. The first-order valence-electron chi connectivity index (χ1n) is 9.95. The van der Waals surface area contributed by atoms with Gasteiger partial charge in [0.2, 0.25) is 5.91 Å². The van der Waals surface area contributed by atoms with Crippen LogP contribution in [0, 0.1) is 11.8 Å². The van der Waals surface area contributed by atoms with Crippen LogP contribution in [0.3, 0.4) is 0 Å². The molecule has 4 rings (SSSR count). The molecule has 25 heavy (non-hydrogen) atoms. The monoisotopic (exact) mass is 346 g/mol. The standard InChI is InChI=1S/C19H30N4O2/c1-13(2)17-16(4-3-11-25-17)19(24)22-9-7-14(8-10-22)18-21-20-12-23(18)15-5-6-15/h12-17H,3-11H2,1-2H3/t16-,17-/m0/s1. The Morgan fingerprint density at radius 3 is 2.64 bits per heavy atom. The topological polar surface area (TPSA) is 60.2 Å². The largest absolute Gasteiger partial charge is 0.377 e. The van der Waals surface area contributed by atoms with E-state index in [2.05, 4.69) is 33.5 Å². The Balaban J connectivity index is 1.37. The van der Waals surface area contributed by atoms with Crippen LogP contribution in [0.5, 0.6) is 0 Å². The molecular formula is C19H30N4O2. The molecule has 6 heteroatoms. The molecule has 2 aliphatic heterocycles. The highest BCUT2D eigenvalue weighted by Crippen LogP contribution is 2.38. The van der Waals surface area contributed by atoms with Gasteiger partial charge in [-0.05, 0) is 44.4 Å². The smallest absolute Gasteiger partial charge is 0.228 e. The number of amides is 1. The fourth-order valence-corrected chi connectivity index (χ4v) is 4.49. The molecule has 2 atom stereocenters. The van der Waals surface area contributed by atoms with Crippen molar-refractivity contribution in [1.29, 1.82) is 0 Å². The lowest BCUT2D eigenvalue weighted by molar-refractivity contribution is -0.148. The summed E-state index contributed by atoms with van der Waals surface area (Å²) in [5.41, 5.74) is 0. The maximum atomic E-state index is 13.1. The van der Waals surface area contributed by atoms with Crippen molar-refractivity contribution in [3.05, 3.63) is 12.2 Å². The fraction of sp³-hybridized carbons (Fsp3) is 0.842. The molecule has 0 bridgehead atoms. The van der Waals surface area contributed by atoms with Crippen LogP contribution >= 0.6 is 0 Å². The third-order valence-electron chi connectivity index (χ3n) is 6.05. The van der Waals surface area contributed by atoms with Gasteiger partial charge in [-0.1, -0.05) is 13.8 Å². The second-order valence-electron chi connectivity index (χ2n) is 8.26. The van der Waals surface area contributed by atoms with E-state index < -0.39 is 0 Å². The lowest BCUT2D eigenvalue weighted by Gasteiger charge is -2.39. The summed E-state index contributed by atoms with van der Waals surface area (Å²) >= 11 is 0. The zero-order valence-electron chi connectivity index (χ0n) is 15.4. The minimum Gasteiger partial charge on any atom is -0.377 e. The number of hydrogen-bond acceptors (Lipinski definition) is 4. The van der Waals surface area contributed by atoms with Gasteiger partial charge in [0.25, 0.3) is 0 Å². The van der Waals surface area contributed by atoms with E-state index in [0.717, 1.165) is 51.2 Å². The van der Waals surface area contributed by atoms with Crippen molar-refractivity contribution in [1.82, 2.24) is 19.7 Å². The van der Waals surface area contributed by atoms with Crippen LogP contribution in [-0.2, 0) is 9.53 Å². The maximum Gasteiger partial charge on any atom is 0.228 e. The molecule has 3 fully saturated rings. The highest BCUT2D eigenvalue weighted by molar-refractivity contribution is 5.79. The Morgan fingerprint density at radius 2 is 1.96 bits per heavy atom. The van der Waals surface area contributed by atoms with Crippen molar-refractivity contribution < 1.29 is 9.53 Å². The Labute approximate surface area is 149 Å². The van der Waals surface area contributed by atoms with Crippen molar-refractivity contribution >= 4 is 5.91 Å². The number of carbonyl (C=O) groups is 1. The average molecular weight is 346 g/mol. The van der Waals surface area contributed by atoms with Crippen LogP contribution in [0.1, 0.15) is 70.2 Å². The van der Waals surface area contributed by atoms with Gasteiger partial charge in [-0.15, -0.1) is 10.2 Å². The van der Waals surface area contributed by atoms with Crippen LogP contribution in [0.2, 0.25) is 0 Å². The van der Waals surface area contributed by atoms with E-state index in [0.29, 0.717) is 23.8 Å². The quantitative estimate of drug-likeness (QED) is 0.841. The maximum absolute atomic E-state index is 13.1. The Hall–Kier alpha value is -1.43. The summed E-state index contributed by atoms with van der Waals surface area (Å²) in [7, 11) is 0. The lowest BCUT2D eigenvalue weighted by Crippen LogP contribution is -2.48. The first-order chi connectivity index (χ1) is 12.1. The van der Waals surface area contributed by atoms with Gasteiger partial charge in [0.1, 0.15) is 12.2 Å². The molecule has 0 spiro atoms. The van der Waals surface area contributed by atoms with Crippen molar-refractivity contribution in [2.24, 2.45) is 11.8 Å². The number of nitrogens with zero attached hydrogens (tertiary/aromatic N) is 4. The summed E-state index contributed by atoms with van der Waals surface area (Å²) in [4.78, 5) is 15.1. The van der Waals surface area contributed by atoms with Crippen LogP contribution in [0.15, 0.2) is 6.33 Å². The van der Waals surface area contributed by atoms with E-state index in [9.17, 15) is 4.79 Å². The van der Waals surface area contributed by atoms with Gasteiger partial charge < -0.3 is 14.2 Å². The minimum absolute atomic E-state index is 0.0421. The Morgan fingerprint density at radius 1 is 1.20 bits per heavy atom. The van der Waals surface area contributed by atoms with Crippen molar-refractivity contribution in [3.63, 3.8) is 0 Å². The van der Waals surface area contributed by atoms with Crippen molar-refractivity contribution in [2.45, 2.75) is 70.4 Å². The van der Waals surface area contributed by atoms with Gasteiger partial charge >= 0.3 is 0 Å². The normalized spacial score (nSPS) is 28.5. The Bertz CT molecular complexity index is 602. The van der Waals surface area contributed by atoms with Gasteiger partial charge in [-0.25, -0.2) is 0 Å². The molecule has 0 N–H and O–H groups in total. The zero-order chi connectivity index (χ0) is 17.4. The molecule has 0 unspecified atom stereocenters. The lowest BCUT2D eigenvalue weighted by atomic mass is 9.85. The van der Waals surface area contributed by atoms with Gasteiger partial charge in [-0.3, -0.25) is 4.79 Å². The number of aromatic nitrogens is 3. The summed E-state index contributed by atoms with van der Waals surface area (Å²) in [6, 6.07) is 0.621. The highest BCUT2D eigenvalue weighted by Gasteiger charge is 2.38. The first-order valence-corrected chi connectivity index (χ1v) is 9.95. The minimum atomic E-state index is 0.0421. The van der Waals surface area contributed by atoms with E-state index in [4.69, 9.17) is 4.74 Å². The van der Waals surface area contributed by atoms with Gasteiger partial charge in [0, 0.05) is 31.7 Å². The summed E-state index contributed by atoms with van der Waals surface area (Å²) in [6.07, 6.45) is 8.43. The number of hydrogen-bond donors (Lipinski definition) is 0. The van der Waals surface area contributed by atoms with Gasteiger partial charge in [0.05, 0.1) is 12.0 Å². The molecule has 1 saturated carbocycles. The van der Waals surface area contributed by atoms with Gasteiger partial charge in [-0.2, -0.15) is 0 Å². The van der Waals surface area contributed by atoms with Crippen molar-refractivity contribution in [3.8, 4) is 0 Å². The van der Waals surface area contributed by atoms with E-state index in [1.807, 2.05) is 6.33 Å². The molecule has 3 heterocycles. The molecular weight excluding hydrogens is 316 g/mol. The van der Waals surface area contributed by atoms with Gasteiger partial charge in [0.15, 0.2) is 0 Å². The predicted molar refractivity (Wildman–Crippen MR) is 94.2 cm³/mol. The van der Waals surface area contributed by atoms with E-state index in [-0.39, 0.29) is 12.0 Å². The van der Waals surface area contributed by atoms with Crippen LogP contribution in [-0.4, -0.2) is 51.4 Å². The Kier molecular flexibility index (Phi) is 4.80. The third-order valence-corrected chi connectivity index (χ3v) is 6.05. The average Bonchev–Trinajstić information content (AvgIpc) is 3.38. The summed E-state index contributed by atoms with van der Waals surface area (Å²) in [6.45, 7) is 6.79. The number of carbonyl (C=O) groups excluding carboxylic acids is 1. The molecule has 1 aliphatic carbocycles. The molecule has 1 amide bonds.